The molecule has 1 N–H and O–H groups in total. The third kappa shape index (κ3) is 6.87. The van der Waals surface area contributed by atoms with E-state index in [1.165, 1.54) is 4.90 Å². The molecule has 8 heteroatoms. The van der Waals surface area contributed by atoms with Gasteiger partial charge in [-0.25, -0.2) is 13.1 Å². The van der Waals surface area contributed by atoms with Crippen LogP contribution in [0.5, 0.6) is 11.5 Å². The van der Waals surface area contributed by atoms with Gasteiger partial charge in [0.1, 0.15) is 0 Å². The van der Waals surface area contributed by atoms with Crippen LogP contribution in [0.25, 0.3) is 0 Å². The average molecular weight is 344 g/mol. The first-order chi connectivity index (χ1) is 10.8. The molecule has 1 amide bonds. The molecule has 0 saturated carbocycles. The van der Waals surface area contributed by atoms with Gasteiger partial charge in [-0.15, -0.1) is 0 Å². The highest BCUT2D eigenvalue weighted by atomic mass is 32.2. The molecule has 1 aromatic rings. The Morgan fingerprint density at radius 2 is 1.87 bits per heavy atom. The highest BCUT2D eigenvalue weighted by Crippen LogP contribution is 2.27. The summed E-state index contributed by atoms with van der Waals surface area (Å²) in [5.74, 6) is 1.23. The molecule has 0 bridgehead atoms. The predicted molar refractivity (Wildman–Crippen MR) is 88.4 cm³/mol. The van der Waals surface area contributed by atoms with Crippen LogP contribution in [-0.4, -0.2) is 59.8 Å². The largest absolute Gasteiger partial charge is 0.493 e. The highest BCUT2D eigenvalue weighted by molar-refractivity contribution is 7.88. The number of likely N-dealkylation sites (N-methyl/N-ethyl adjacent to an activating group) is 1. The quantitative estimate of drug-likeness (QED) is 0.711. The third-order valence-electron chi connectivity index (χ3n) is 3.31. The molecule has 0 aliphatic rings. The summed E-state index contributed by atoms with van der Waals surface area (Å²) < 4.78 is 34.7. The Kier molecular flexibility index (Phi) is 7.31. The first kappa shape index (κ1) is 19.2. The minimum atomic E-state index is -3.23. The SMILES string of the molecule is COc1ccc(CCC(=O)N(C)CCNS(C)(=O)=O)cc1OC. The van der Waals surface area contributed by atoms with E-state index in [1.54, 1.807) is 27.3 Å². The molecule has 0 atom stereocenters. The molecule has 0 aliphatic carbocycles. The second-order valence-corrected chi connectivity index (χ2v) is 7.00. The lowest BCUT2D eigenvalue weighted by Gasteiger charge is -2.17. The molecule has 1 rings (SSSR count). The maximum absolute atomic E-state index is 12.0. The van der Waals surface area contributed by atoms with Gasteiger partial charge in [0.2, 0.25) is 15.9 Å². The number of nitrogens with one attached hydrogen (secondary N) is 1. The fraction of sp³-hybridized carbons (Fsp3) is 0.533. The van der Waals surface area contributed by atoms with Gasteiger partial charge >= 0.3 is 0 Å². The summed E-state index contributed by atoms with van der Waals surface area (Å²) in [4.78, 5) is 13.6. The second kappa shape index (κ2) is 8.73. The van der Waals surface area contributed by atoms with Crippen LogP contribution in [0.2, 0.25) is 0 Å². The molecule has 0 fully saturated rings. The molecule has 7 nitrogen and oxygen atoms in total. The standard InChI is InChI=1S/C15H24N2O5S/c1-17(10-9-16-23(4,19)20)15(18)8-6-12-5-7-13(21-2)14(11-12)22-3/h5,7,11,16H,6,8-10H2,1-4H3. The van der Waals surface area contributed by atoms with Crippen molar-refractivity contribution in [2.24, 2.45) is 0 Å². The Hall–Kier alpha value is -1.80. The average Bonchev–Trinajstić information content (AvgIpc) is 2.50. The lowest BCUT2D eigenvalue weighted by molar-refractivity contribution is -0.129. The fourth-order valence-corrected chi connectivity index (χ4v) is 2.46. The van der Waals surface area contributed by atoms with Crippen molar-refractivity contribution < 1.29 is 22.7 Å². The normalized spacial score (nSPS) is 11.1. The lowest BCUT2D eigenvalue weighted by atomic mass is 10.1. The van der Waals surface area contributed by atoms with Gasteiger partial charge in [0, 0.05) is 26.6 Å². The molecule has 0 spiro atoms. The number of nitrogens with zero attached hydrogens (tertiary/aromatic N) is 1. The Balaban J connectivity index is 2.49. The summed E-state index contributed by atoms with van der Waals surface area (Å²) in [5.41, 5.74) is 0.971. The molecule has 1 aromatic carbocycles. The zero-order chi connectivity index (χ0) is 17.5. The fourth-order valence-electron chi connectivity index (χ4n) is 2.00. The minimum Gasteiger partial charge on any atom is -0.493 e. The summed E-state index contributed by atoms with van der Waals surface area (Å²) in [6, 6.07) is 5.54. The van der Waals surface area contributed by atoms with Crippen molar-refractivity contribution in [2.45, 2.75) is 12.8 Å². The Bertz CT molecular complexity index is 631. The van der Waals surface area contributed by atoms with Gasteiger partial charge in [-0.05, 0) is 24.1 Å². The first-order valence-corrected chi connectivity index (χ1v) is 9.05. The molecule has 0 heterocycles. The number of amides is 1. The number of rotatable bonds is 9. The molecule has 0 saturated heterocycles. The van der Waals surface area contributed by atoms with Crippen LogP contribution in [0.15, 0.2) is 18.2 Å². The van der Waals surface area contributed by atoms with Gasteiger partial charge in [0.05, 0.1) is 20.5 Å². The van der Waals surface area contributed by atoms with Gasteiger partial charge in [0.15, 0.2) is 11.5 Å². The van der Waals surface area contributed by atoms with Crippen molar-refractivity contribution in [1.82, 2.24) is 9.62 Å². The first-order valence-electron chi connectivity index (χ1n) is 7.16. The minimum absolute atomic E-state index is 0.0462. The third-order valence-corrected chi connectivity index (χ3v) is 4.04. The van der Waals surface area contributed by atoms with Crippen LogP contribution >= 0.6 is 0 Å². The van der Waals surface area contributed by atoms with Crippen molar-refractivity contribution in [3.63, 3.8) is 0 Å². The number of methoxy groups -OCH3 is 2. The van der Waals surface area contributed by atoms with E-state index in [2.05, 4.69) is 4.72 Å². The molecule has 0 aromatic heterocycles. The number of benzene rings is 1. The second-order valence-electron chi connectivity index (χ2n) is 5.17. The van der Waals surface area contributed by atoms with Gasteiger partial charge in [-0.3, -0.25) is 4.79 Å². The number of carbonyl (C=O) groups excluding carboxylic acids is 1. The number of sulfonamides is 1. The smallest absolute Gasteiger partial charge is 0.222 e. The van der Waals surface area contributed by atoms with E-state index in [-0.39, 0.29) is 12.5 Å². The van der Waals surface area contributed by atoms with Gasteiger partial charge in [-0.2, -0.15) is 0 Å². The Labute approximate surface area is 137 Å². The van der Waals surface area contributed by atoms with Crippen molar-refractivity contribution in [3.8, 4) is 11.5 Å². The Morgan fingerprint density at radius 3 is 2.43 bits per heavy atom. The molecule has 130 valence electrons. The van der Waals surface area contributed by atoms with Gasteiger partial charge in [0.25, 0.3) is 0 Å². The number of aryl methyl sites for hydroxylation is 1. The van der Waals surface area contributed by atoms with Crippen LogP contribution < -0.4 is 14.2 Å². The van der Waals surface area contributed by atoms with Crippen molar-refractivity contribution in [2.75, 3.05) is 40.6 Å². The van der Waals surface area contributed by atoms with Crippen LogP contribution in [0.3, 0.4) is 0 Å². The molecular formula is C15H24N2O5S. The van der Waals surface area contributed by atoms with Gasteiger partial charge < -0.3 is 14.4 Å². The van der Waals surface area contributed by atoms with E-state index in [0.717, 1.165) is 11.8 Å². The summed E-state index contributed by atoms with van der Waals surface area (Å²) >= 11 is 0. The van der Waals surface area contributed by atoms with E-state index < -0.39 is 10.0 Å². The summed E-state index contributed by atoms with van der Waals surface area (Å²) in [7, 11) is 1.56. The van der Waals surface area contributed by atoms with E-state index in [9.17, 15) is 13.2 Å². The summed E-state index contributed by atoms with van der Waals surface area (Å²) in [6.07, 6.45) is 2.00. The molecule has 0 unspecified atom stereocenters. The maximum atomic E-state index is 12.0. The summed E-state index contributed by atoms with van der Waals surface area (Å²) in [5, 5.41) is 0. The lowest BCUT2D eigenvalue weighted by Crippen LogP contribution is -2.35. The van der Waals surface area contributed by atoms with E-state index >= 15 is 0 Å². The molecule has 0 radical (unpaired) electrons. The molecule has 0 aliphatic heterocycles. The number of hydrogen-bond acceptors (Lipinski definition) is 5. The number of carbonyl (C=O) groups is 1. The Morgan fingerprint density at radius 1 is 1.22 bits per heavy atom. The van der Waals surface area contributed by atoms with Crippen LogP contribution in [0, 0.1) is 0 Å². The zero-order valence-corrected chi connectivity index (χ0v) is 14.8. The van der Waals surface area contributed by atoms with Crippen molar-refractivity contribution in [1.29, 1.82) is 0 Å². The van der Waals surface area contributed by atoms with Gasteiger partial charge in [-0.1, -0.05) is 6.07 Å². The number of hydrogen-bond donors (Lipinski definition) is 1. The van der Waals surface area contributed by atoms with E-state index in [1.807, 2.05) is 12.1 Å². The molecule has 23 heavy (non-hydrogen) atoms. The van der Waals surface area contributed by atoms with Crippen molar-refractivity contribution in [3.05, 3.63) is 23.8 Å². The zero-order valence-electron chi connectivity index (χ0n) is 14.0. The van der Waals surface area contributed by atoms with E-state index in [0.29, 0.717) is 30.9 Å². The van der Waals surface area contributed by atoms with Crippen molar-refractivity contribution >= 4 is 15.9 Å². The van der Waals surface area contributed by atoms with Crippen LogP contribution in [0.1, 0.15) is 12.0 Å². The maximum Gasteiger partial charge on any atom is 0.222 e. The van der Waals surface area contributed by atoms with E-state index in [4.69, 9.17) is 9.47 Å². The summed E-state index contributed by atoms with van der Waals surface area (Å²) in [6.45, 7) is 0.537. The topological polar surface area (TPSA) is 84.9 Å². The molecular weight excluding hydrogens is 320 g/mol. The number of ether oxygens (including phenoxy) is 2. The predicted octanol–water partition coefficient (Wildman–Crippen LogP) is 0.644. The van der Waals surface area contributed by atoms with Crippen LogP contribution in [0.4, 0.5) is 0 Å². The van der Waals surface area contributed by atoms with Crippen LogP contribution in [-0.2, 0) is 21.2 Å². The highest BCUT2D eigenvalue weighted by Gasteiger charge is 2.11. The monoisotopic (exact) mass is 344 g/mol.